The number of rotatable bonds is 7. The summed E-state index contributed by atoms with van der Waals surface area (Å²) in [6.45, 7) is 3.42. The average Bonchev–Trinajstić information content (AvgIpc) is 2.96. The summed E-state index contributed by atoms with van der Waals surface area (Å²) in [6, 6.07) is 13.9. The number of benzene rings is 1. The summed E-state index contributed by atoms with van der Waals surface area (Å²) in [4.78, 5) is 13.9. The van der Waals surface area contributed by atoms with Crippen LogP contribution in [0.5, 0.6) is 0 Å². The highest BCUT2D eigenvalue weighted by molar-refractivity contribution is 5.91. The number of amides is 1. The van der Waals surface area contributed by atoms with E-state index in [4.69, 9.17) is 4.42 Å². The fourth-order valence-electron chi connectivity index (χ4n) is 2.10. The zero-order valence-corrected chi connectivity index (χ0v) is 13.1. The van der Waals surface area contributed by atoms with Gasteiger partial charge in [0.15, 0.2) is 0 Å². The number of nitrogens with one attached hydrogen (secondary N) is 1. The van der Waals surface area contributed by atoms with Crippen LogP contribution in [0.1, 0.15) is 17.9 Å². The van der Waals surface area contributed by atoms with E-state index in [1.807, 2.05) is 37.3 Å². The van der Waals surface area contributed by atoms with E-state index in [1.165, 1.54) is 11.8 Å². The predicted molar refractivity (Wildman–Crippen MR) is 89.8 cm³/mol. The van der Waals surface area contributed by atoms with Crippen molar-refractivity contribution in [1.29, 1.82) is 0 Å². The number of hydrogen-bond acceptors (Lipinski definition) is 3. The van der Waals surface area contributed by atoms with Crippen molar-refractivity contribution in [2.45, 2.75) is 13.3 Å². The number of aryl methyl sites for hydroxylation is 1. The second-order valence-electron chi connectivity index (χ2n) is 5.18. The molecule has 0 aliphatic heterocycles. The molecule has 0 radical (unpaired) electrons. The zero-order valence-electron chi connectivity index (χ0n) is 13.1. The highest BCUT2D eigenvalue weighted by Crippen LogP contribution is 2.10. The van der Waals surface area contributed by atoms with Gasteiger partial charge in [0.1, 0.15) is 11.5 Å². The van der Waals surface area contributed by atoms with Gasteiger partial charge < -0.3 is 14.6 Å². The molecule has 0 bridgehead atoms. The lowest BCUT2D eigenvalue weighted by atomic mass is 10.3. The Labute approximate surface area is 131 Å². The van der Waals surface area contributed by atoms with Crippen LogP contribution in [0.3, 0.4) is 0 Å². The summed E-state index contributed by atoms with van der Waals surface area (Å²) in [5.41, 5.74) is 1.18. The number of carbonyl (C=O) groups excluding carboxylic acids is 1. The van der Waals surface area contributed by atoms with E-state index in [0.717, 1.165) is 18.7 Å². The minimum atomic E-state index is -0.101. The molecule has 4 heteroatoms. The normalized spacial score (nSPS) is 10.8. The Hall–Kier alpha value is -2.49. The maximum absolute atomic E-state index is 11.7. The molecule has 0 aliphatic rings. The van der Waals surface area contributed by atoms with Crippen molar-refractivity contribution in [2.24, 2.45) is 0 Å². The second kappa shape index (κ2) is 8.08. The molecule has 0 unspecified atom stereocenters. The molecule has 0 saturated heterocycles. The zero-order chi connectivity index (χ0) is 15.8. The van der Waals surface area contributed by atoms with Gasteiger partial charge in [0.05, 0.1) is 0 Å². The Morgan fingerprint density at radius 3 is 2.68 bits per heavy atom. The van der Waals surface area contributed by atoms with E-state index in [-0.39, 0.29) is 5.91 Å². The topological polar surface area (TPSA) is 45.5 Å². The number of furan rings is 1. The smallest absolute Gasteiger partial charge is 0.244 e. The van der Waals surface area contributed by atoms with Gasteiger partial charge in [-0.05, 0) is 43.7 Å². The third kappa shape index (κ3) is 5.13. The van der Waals surface area contributed by atoms with Gasteiger partial charge in [-0.15, -0.1) is 0 Å². The lowest BCUT2D eigenvalue weighted by molar-refractivity contribution is -0.116. The maximum atomic E-state index is 11.7. The monoisotopic (exact) mass is 298 g/mol. The summed E-state index contributed by atoms with van der Waals surface area (Å²) < 4.78 is 5.37. The van der Waals surface area contributed by atoms with Crippen LogP contribution in [0, 0.1) is 6.92 Å². The minimum absolute atomic E-state index is 0.101. The van der Waals surface area contributed by atoms with Gasteiger partial charge in [-0.25, -0.2) is 0 Å². The third-order valence-electron chi connectivity index (χ3n) is 3.33. The fourth-order valence-corrected chi connectivity index (χ4v) is 2.10. The van der Waals surface area contributed by atoms with Crippen LogP contribution < -0.4 is 10.2 Å². The highest BCUT2D eigenvalue weighted by Gasteiger charge is 2.00. The Balaban J connectivity index is 1.66. The Kier molecular flexibility index (Phi) is 5.83. The fraction of sp³-hybridized carbons (Fsp3) is 0.278. The SMILES string of the molecule is Cc1ccc(/C=C/C(=O)NCCCN(C)c2ccccc2)o1. The molecule has 4 nitrogen and oxygen atoms in total. The molecule has 1 N–H and O–H groups in total. The number of carbonyl (C=O) groups is 1. The summed E-state index contributed by atoms with van der Waals surface area (Å²) in [6.07, 6.45) is 4.07. The first kappa shape index (κ1) is 15.9. The summed E-state index contributed by atoms with van der Waals surface area (Å²) >= 11 is 0. The molecular weight excluding hydrogens is 276 g/mol. The van der Waals surface area contributed by atoms with Crippen molar-refractivity contribution in [3.63, 3.8) is 0 Å². The van der Waals surface area contributed by atoms with E-state index in [1.54, 1.807) is 6.08 Å². The van der Waals surface area contributed by atoms with Crippen molar-refractivity contribution < 1.29 is 9.21 Å². The van der Waals surface area contributed by atoms with Gasteiger partial charge in [0, 0.05) is 31.9 Å². The standard InChI is InChI=1S/C18H22N2O2/c1-15-9-10-17(22-15)11-12-18(21)19-13-6-14-20(2)16-7-4-3-5-8-16/h3-5,7-12H,6,13-14H2,1-2H3,(H,19,21)/b12-11+. The largest absolute Gasteiger partial charge is 0.462 e. The lowest BCUT2D eigenvalue weighted by Gasteiger charge is -2.18. The van der Waals surface area contributed by atoms with Crippen LogP contribution in [0.2, 0.25) is 0 Å². The highest BCUT2D eigenvalue weighted by atomic mass is 16.3. The molecule has 22 heavy (non-hydrogen) atoms. The molecule has 0 fully saturated rings. The van der Waals surface area contributed by atoms with Crippen LogP contribution in [-0.2, 0) is 4.79 Å². The number of para-hydroxylation sites is 1. The van der Waals surface area contributed by atoms with Gasteiger partial charge in [-0.2, -0.15) is 0 Å². The second-order valence-corrected chi connectivity index (χ2v) is 5.18. The van der Waals surface area contributed by atoms with E-state index >= 15 is 0 Å². The maximum Gasteiger partial charge on any atom is 0.244 e. The molecule has 0 saturated carbocycles. The average molecular weight is 298 g/mol. The van der Waals surface area contributed by atoms with Crippen LogP contribution in [0.4, 0.5) is 5.69 Å². The van der Waals surface area contributed by atoms with E-state index in [9.17, 15) is 4.79 Å². The molecule has 116 valence electrons. The quantitative estimate of drug-likeness (QED) is 0.630. The molecule has 1 heterocycles. The van der Waals surface area contributed by atoms with E-state index < -0.39 is 0 Å². The van der Waals surface area contributed by atoms with Gasteiger partial charge in [-0.3, -0.25) is 4.79 Å². The number of anilines is 1. The van der Waals surface area contributed by atoms with Gasteiger partial charge in [0.2, 0.25) is 5.91 Å². The Morgan fingerprint density at radius 1 is 1.23 bits per heavy atom. The van der Waals surface area contributed by atoms with Crippen molar-refractivity contribution in [3.05, 3.63) is 60.1 Å². The molecule has 1 aromatic heterocycles. The molecular formula is C18H22N2O2. The van der Waals surface area contributed by atoms with Gasteiger partial charge in [-0.1, -0.05) is 18.2 Å². The summed E-state index contributed by atoms with van der Waals surface area (Å²) in [7, 11) is 2.05. The van der Waals surface area contributed by atoms with Gasteiger partial charge >= 0.3 is 0 Å². The first-order valence-corrected chi connectivity index (χ1v) is 7.44. The van der Waals surface area contributed by atoms with Crippen molar-refractivity contribution >= 4 is 17.7 Å². The molecule has 0 atom stereocenters. The molecule has 1 amide bonds. The predicted octanol–water partition coefficient (Wildman–Crippen LogP) is 3.24. The van der Waals surface area contributed by atoms with Crippen LogP contribution in [0.25, 0.3) is 6.08 Å². The van der Waals surface area contributed by atoms with Crippen molar-refractivity contribution in [2.75, 3.05) is 25.0 Å². The molecule has 2 aromatic rings. The first-order chi connectivity index (χ1) is 10.6. The molecule has 0 spiro atoms. The van der Waals surface area contributed by atoms with Crippen LogP contribution in [0.15, 0.2) is 53.0 Å². The summed E-state index contributed by atoms with van der Waals surface area (Å²) in [5.74, 6) is 1.43. The van der Waals surface area contributed by atoms with Crippen molar-refractivity contribution in [3.8, 4) is 0 Å². The molecule has 1 aromatic carbocycles. The molecule has 0 aliphatic carbocycles. The number of hydrogen-bond donors (Lipinski definition) is 1. The van der Waals surface area contributed by atoms with Crippen molar-refractivity contribution in [1.82, 2.24) is 5.32 Å². The minimum Gasteiger partial charge on any atom is -0.462 e. The van der Waals surface area contributed by atoms with Crippen LogP contribution >= 0.6 is 0 Å². The van der Waals surface area contributed by atoms with Gasteiger partial charge in [0.25, 0.3) is 0 Å². The molecule has 2 rings (SSSR count). The third-order valence-corrected chi connectivity index (χ3v) is 3.33. The Bertz CT molecular complexity index is 617. The van der Waals surface area contributed by atoms with Crippen LogP contribution in [-0.4, -0.2) is 26.0 Å². The number of nitrogens with zero attached hydrogens (tertiary/aromatic N) is 1. The lowest BCUT2D eigenvalue weighted by Crippen LogP contribution is -2.26. The Morgan fingerprint density at radius 2 is 2.00 bits per heavy atom. The summed E-state index contributed by atoms with van der Waals surface area (Å²) in [5, 5.41) is 2.87. The van der Waals surface area contributed by atoms with E-state index in [0.29, 0.717) is 12.3 Å². The first-order valence-electron chi connectivity index (χ1n) is 7.44. The van der Waals surface area contributed by atoms with E-state index in [2.05, 4.69) is 29.4 Å².